The number of aldehydes is 1. The third-order valence-corrected chi connectivity index (χ3v) is 3.87. The van der Waals surface area contributed by atoms with Crippen LogP contribution in [0.2, 0.25) is 5.02 Å². The van der Waals surface area contributed by atoms with Gasteiger partial charge >= 0.3 is 0 Å². The summed E-state index contributed by atoms with van der Waals surface area (Å²) in [6, 6.07) is 7.28. The molecule has 0 atom stereocenters. The number of carbonyl (C=O) groups excluding carboxylic acids is 1. The van der Waals surface area contributed by atoms with Crippen LogP contribution in [0.25, 0.3) is 11.3 Å². The second kappa shape index (κ2) is 6.55. The Morgan fingerprint density at radius 2 is 2.14 bits per heavy atom. The Labute approximate surface area is 129 Å². The molecule has 0 aliphatic rings. The summed E-state index contributed by atoms with van der Waals surface area (Å²) in [6.45, 7) is 4.18. The van der Waals surface area contributed by atoms with Gasteiger partial charge in [0, 0.05) is 11.8 Å². The van der Waals surface area contributed by atoms with Crippen LogP contribution < -0.4 is 0 Å². The summed E-state index contributed by atoms with van der Waals surface area (Å²) in [4.78, 5) is 11.3. The van der Waals surface area contributed by atoms with Gasteiger partial charge in [-0.15, -0.1) is 0 Å². The van der Waals surface area contributed by atoms with E-state index in [0.717, 1.165) is 19.1 Å². The van der Waals surface area contributed by atoms with Crippen molar-refractivity contribution < 1.29 is 4.79 Å². The summed E-state index contributed by atoms with van der Waals surface area (Å²) in [7, 11) is 0. The number of nitriles is 1. The first-order chi connectivity index (χ1) is 10.1. The topological polar surface area (TPSA) is 58.7 Å². The van der Waals surface area contributed by atoms with E-state index in [9.17, 15) is 4.79 Å². The van der Waals surface area contributed by atoms with Gasteiger partial charge in [-0.1, -0.05) is 25.4 Å². The van der Waals surface area contributed by atoms with E-state index in [1.807, 2.05) is 10.8 Å². The lowest BCUT2D eigenvalue weighted by Crippen LogP contribution is -2.07. The Balaban J connectivity index is 2.53. The molecule has 0 unspecified atom stereocenters. The Hall–Kier alpha value is -2.12. The number of rotatable bonds is 5. The largest absolute Gasteiger partial charge is 0.298 e. The molecule has 0 spiro atoms. The van der Waals surface area contributed by atoms with Crippen LogP contribution in [0.3, 0.4) is 0 Å². The normalized spacial score (nSPS) is 10.6. The molecule has 0 N–H and O–H groups in total. The molecule has 108 valence electrons. The van der Waals surface area contributed by atoms with E-state index < -0.39 is 0 Å². The molecule has 0 aliphatic heterocycles. The Kier molecular flexibility index (Phi) is 4.77. The Morgan fingerprint density at radius 1 is 1.43 bits per heavy atom. The summed E-state index contributed by atoms with van der Waals surface area (Å²) in [6.07, 6.45) is 4.43. The molecule has 0 saturated heterocycles. The van der Waals surface area contributed by atoms with Crippen molar-refractivity contribution in [1.82, 2.24) is 9.78 Å². The molecule has 0 amide bonds. The number of carbonyl (C=O) groups is 1. The van der Waals surface area contributed by atoms with Gasteiger partial charge < -0.3 is 0 Å². The van der Waals surface area contributed by atoms with Gasteiger partial charge in [-0.05, 0) is 31.0 Å². The first kappa shape index (κ1) is 15.3. The number of hydrogen-bond acceptors (Lipinski definition) is 3. The van der Waals surface area contributed by atoms with Crippen molar-refractivity contribution in [3.63, 3.8) is 0 Å². The van der Waals surface area contributed by atoms with Crippen molar-refractivity contribution in [2.75, 3.05) is 0 Å². The summed E-state index contributed by atoms with van der Waals surface area (Å²) >= 11 is 6.21. The first-order valence-electron chi connectivity index (χ1n) is 6.88. The highest BCUT2D eigenvalue weighted by atomic mass is 35.5. The zero-order chi connectivity index (χ0) is 15.4. The van der Waals surface area contributed by atoms with E-state index in [4.69, 9.17) is 16.9 Å². The van der Waals surface area contributed by atoms with Crippen LogP contribution in [0.1, 0.15) is 48.7 Å². The second-order valence-electron chi connectivity index (χ2n) is 4.81. The van der Waals surface area contributed by atoms with E-state index in [0.29, 0.717) is 27.4 Å². The fourth-order valence-corrected chi connectivity index (χ4v) is 2.60. The fraction of sp³-hybridized carbons (Fsp3) is 0.312. The molecular weight excluding hydrogens is 286 g/mol. The summed E-state index contributed by atoms with van der Waals surface area (Å²) in [5.41, 5.74) is 2.22. The highest BCUT2D eigenvalue weighted by Crippen LogP contribution is 2.30. The maximum absolute atomic E-state index is 11.3. The van der Waals surface area contributed by atoms with Gasteiger partial charge in [0.2, 0.25) is 0 Å². The average molecular weight is 302 g/mol. The smallest absolute Gasteiger partial charge is 0.153 e. The maximum Gasteiger partial charge on any atom is 0.153 e. The van der Waals surface area contributed by atoms with Crippen LogP contribution in [0.15, 0.2) is 24.4 Å². The van der Waals surface area contributed by atoms with Crippen molar-refractivity contribution in [1.29, 1.82) is 5.26 Å². The number of halogens is 1. The second-order valence-corrected chi connectivity index (χ2v) is 5.21. The van der Waals surface area contributed by atoms with Gasteiger partial charge in [0.05, 0.1) is 28.3 Å². The lowest BCUT2D eigenvalue weighted by atomic mass is 10.1. The van der Waals surface area contributed by atoms with E-state index >= 15 is 0 Å². The molecule has 0 bridgehead atoms. The third kappa shape index (κ3) is 2.98. The van der Waals surface area contributed by atoms with E-state index in [1.165, 1.54) is 0 Å². The van der Waals surface area contributed by atoms with Crippen molar-refractivity contribution in [2.45, 2.75) is 32.7 Å². The van der Waals surface area contributed by atoms with Gasteiger partial charge in [0.1, 0.15) is 5.69 Å². The fourth-order valence-electron chi connectivity index (χ4n) is 2.33. The molecule has 4 nitrogen and oxygen atoms in total. The average Bonchev–Trinajstić information content (AvgIpc) is 2.92. The van der Waals surface area contributed by atoms with E-state index in [-0.39, 0.29) is 6.04 Å². The third-order valence-electron chi connectivity index (χ3n) is 3.56. The zero-order valence-corrected chi connectivity index (χ0v) is 12.8. The first-order valence-corrected chi connectivity index (χ1v) is 7.26. The van der Waals surface area contributed by atoms with Crippen LogP contribution in [-0.4, -0.2) is 16.1 Å². The Bertz CT molecular complexity index is 696. The molecule has 1 heterocycles. The zero-order valence-electron chi connectivity index (χ0n) is 12.0. The lowest BCUT2D eigenvalue weighted by Gasteiger charge is -2.12. The minimum Gasteiger partial charge on any atom is -0.298 e. The molecule has 21 heavy (non-hydrogen) atoms. The van der Waals surface area contributed by atoms with Crippen LogP contribution in [0.4, 0.5) is 0 Å². The van der Waals surface area contributed by atoms with Crippen molar-refractivity contribution in [3.8, 4) is 17.3 Å². The molecular formula is C16H16ClN3O. The molecule has 1 aromatic heterocycles. The van der Waals surface area contributed by atoms with Gasteiger partial charge in [0.25, 0.3) is 0 Å². The standard InChI is InChI=1S/C16H16ClN3O/c1-3-13(4-2)20-9-12(10-21)16(19-20)14-6-5-11(8-18)7-15(14)17/h5-7,9-10,13H,3-4H2,1-2H3. The van der Waals surface area contributed by atoms with Gasteiger partial charge in [-0.25, -0.2) is 0 Å². The highest BCUT2D eigenvalue weighted by Gasteiger charge is 2.17. The number of nitrogens with zero attached hydrogens (tertiary/aromatic N) is 3. The lowest BCUT2D eigenvalue weighted by molar-refractivity contribution is 0.112. The summed E-state index contributed by atoms with van der Waals surface area (Å²) in [5.74, 6) is 0. The minimum absolute atomic E-state index is 0.259. The van der Waals surface area contributed by atoms with Crippen molar-refractivity contribution in [2.24, 2.45) is 0 Å². The summed E-state index contributed by atoms with van der Waals surface area (Å²) < 4.78 is 1.83. The Morgan fingerprint density at radius 3 is 2.67 bits per heavy atom. The molecule has 1 aromatic carbocycles. The number of aromatic nitrogens is 2. The molecule has 5 heteroatoms. The predicted molar refractivity (Wildman–Crippen MR) is 82.4 cm³/mol. The predicted octanol–water partition coefficient (Wildman–Crippen LogP) is 4.25. The van der Waals surface area contributed by atoms with E-state index in [1.54, 1.807) is 24.4 Å². The number of hydrogen-bond donors (Lipinski definition) is 0. The monoisotopic (exact) mass is 301 g/mol. The quantitative estimate of drug-likeness (QED) is 0.776. The number of benzene rings is 1. The van der Waals surface area contributed by atoms with Crippen LogP contribution >= 0.6 is 11.6 Å². The molecule has 0 aliphatic carbocycles. The molecule has 0 fully saturated rings. The van der Waals surface area contributed by atoms with Gasteiger partial charge in [-0.2, -0.15) is 10.4 Å². The van der Waals surface area contributed by atoms with Crippen LogP contribution in [-0.2, 0) is 0 Å². The summed E-state index contributed by atoms with van der Waals surface area (Å²) in [5, 5.41) is 13.8. The molecule has 0 radical (unpaired) electrons. The van der Waals surface area contributed by atoms with Gasteiger partial charge in [0.15, 0.2) is 6.29 Å². The SMILES string of the molecule is CCC(CC)n1cc(C=O)c(-c2ccc(C#N)cc2Cl)n1. The molecule has 2 aromatic rings. The van der Waals surface area contributed by atoms with Gasteiger partial charge in [-0.3, -0.25) is 9.48 Å². The maximum atomic E-state index is 11.3. The van der Waals surface area contributed by atoms with Crippen LogP contribution in [0.5, 0.6) is 0 Å². The van der Waals surface area contributed by atoms with Crippen molar-refractivity contribution in [3.05, 3.63) is 40.5 Å². The molecule has 2 rings (SSSR count). The van der Waals surface area contributed by atoms with E-state index in [2.05, 4.69) is 18.9 Å². The minimum atomic E-state index is 0.259. The molecule has 0 saturated carbocycles. The van der Waals surface area contributed by atoms with Crippen LogP contribution in [0, 0.1) is 11.3 Å². The highest BCUT2D eigenvalue weighted by molar-refractivity contribution is 6.33. The van der Waals surface area contributed by atoms with Crippen molar-refractivity contribution >= 4 is 17.9 Å².